The molecule has 0 saturated heterocycles. The van der Waals surface area contributed by atoms with E-state index < -0.39 is 5.97 Å². The van der Waals surface area contributed by atoms with E-state index in [1.165, 1.54) is 7.11 Å². The number of methoxy groups -OCH3 is 1. The largest absolute Gasteiger partial charge is 0.465 e. The molecule has 0 aromatic heterocycles. The van der Waals surface area contributed by atoms with Crippen LogP contribution in [-0.2, 0) is 4.74 Å². The molecule has 4 heteroatoms. The fourth-order valence-corrected chi connectivity index (χ4v) is 2.37. The van der Waals surface area contributed by atoms with Crippen LogP contribution in [0.25, 0.3) is 11.1 Å². The minimum Gasteiger partial charge on any atom is -0.465 e. The molecule has 0 fully saturated rings. The van der Waals surface area contributed by atoms with Crippen molar-refractivity contribution in [1.29, 1.82) is 0 Å². The number of esters is 2. The van der Waals surface area contributed by atoms with Gasteiger partial charge in [-0.15, -0.1) is 0 Å². The lowest BCUT2D eigenvalue weighted by atomic mass is 10.0. The fraction of sp³-hybridized carbons (Fsp3) is 0.0476. The highest BCUT2D eigenvalue weighted by molar-refractivity contribution is 5.92. The summed E-state index contributed by atoms with van der Waals surface area (Å²) in [5.41, 5.74) is 2.84. The first-order valence-corrected chi connectivity index (χ1v) is 7.73. The van der Waals surface area contributed by atoms with Crippen molar-refractivity contribution >= 4 is 11.9 Å². The van der Waals surface area contributed by atoms with E-state index >= 15 is 0 Å². The first kappa shape index (κ1) is 16.5. The van der Waals surface area contributed by atoms with E-state index in [1.807, 2.05) is 42.5 Å². The van der Waals surface area contributed by atoms with Gasteiger partial charge in [-0.3, -0.25) is 0 Å². The minimum absolute atomic E-state index is 0.370. The van der Waals surface area contributed by atoms with Crippen molar-refractivity contribution in [2.45, 2.75) is 0 Å². The van der Waals surface area contributed by atoms with Crippen LogP contribution in [-0.4, -0.2) is 19.0 Å². The molecule has 0 bridgehead atoms. The van der Waals surface area contributed by atoms with Gasteiger partial charge in [0.05, 0.1) is 18.2 Å². The molecule has 0 aliphatic rings. The van der Waals surface area contributed by atoms with Crippen molar-refractivity contribution in [2.24, 2.45) is 0 Å². The molecule has 3 rings (SSSR count). The third kappa shape index (κ3) is 3.93. The molecule has 3 aromatic carbocycles. The summed E-state index contributed by atoms with van der Waals surface area (Å²) in [6.07, 6.45) is 0. The van der Waals surface area contributed by atoms with Crippen LogP contribution in [0.5, 0.6) is 5.75 Å². The summed E-state index contributed by atoms with van der Waals surface area (Å²) in [7, 11) is 1.35. The van der Waals surface area contributed by atoms with E-state index in [1.54, 1.807) is 36.4 Å². The summed E-state index contributed by atoms with van der Waals surface area (Å²) < 4.78 is 9.99. The zero-order valence-corrected chi connectivity index (χ0v) is 13.6. The Hall–Kier alpha value is -3.40. The molecular weight excluding hydrogens is 316 g/mol. The zero-order chi connectivity index (χ0) is 17.6. The average Bonchev–Trinajstić information content (AvgIpc) is 2.68. The molecule has 0 atom stereocenters. The van der Waals surface area contributed by atoms with Crippen LogP contribution in [0, 0.1) is 0 Å². The molecule has 0 N–H and O–H groups in total. The molecular formula is C21H16O4. The van der Waals surface area contributed by atoms with Crippen LogP contribution in [0.3, 0.4) is 0 Å². The molecule has 25 heavy (non-hydrogen) atoms. The van der Waals surface area contributed by atoms with Gasteiger partial charge in [0.15, 0.2) is 0 Å². The molecule has 0 heterocycles. The lowest BCUT2D eigenvalue weighted by Gasteiger charge is -2.06. The summed E-state index contributed by atoms with van der Waals surface area (Å²) in [6, 6.07) is 23.1. The number of para-hydroxylation sites is 1. The van der Waals surface area contributed by atoms with Gasteiger partial charge >= 0.3 is 11.9 Å². The molecule has 3 aromatic rings. The van der Waals surface area contributed by atoms with Gasteiger partial charge in [-0.25, -0.2) is 9.59 Å². The number of benzene rings is 3. The van der Waals surface area contributed by atoms with Crippen molar-refractivity contribution in [3.8, 4) is 16.9 Å². The smallest absolute Gasteiger partial charge is 0.343 e. The van der Waals surface area contributed by atoms with Gasteiger partial charge in [-0.2, -0.15) is 0 Å². The Labute approximate surface area is 145 Å². The van der Waals surface area contributed by atoms with Gasteiger partial charge in [0.1, 0.15) is 5.75 Å². The maximum atomic E-state index is 12.1. The topological polar surface area (TPSA) is 52.6 Å². The Morgan fingerprint density at radius 3 is 1.60 bits per heavy atom. The average molecular weight is 332 g/mol. The Balaban J connectivity index is 1.73. The minimum atomic E-state index is -0.404. The van der Waals surface area contributed by atoms with E-state index in [0.29, 0.717) is 16.9 Å². The second-order valence-corrected chi connectivity index (χ2v) is 5.35. The lowest BCUT2D eigenvalue weighted by molar-refractivity contribution is 0.0600. The summed E-state index contributed by atoms with van der Waals surface area (Å²) in [6.45, 7) is 0. The second kappa shape index (κ2) is 7.45. The van der Waals surface area contributed by atoms with E-state index in [2.05, 4.69) is 4.74 Å². The maximum Gasteiger partial charge on any atom is 0.343 e. The number of ether oxygens (including phenoxy) is 2. The van der Waals surface area contributed by atoms with Crippen molar-refractivity contribution in [3.05, 3.63) is 90.0 Å². The Morgan fingerprint density at radius 1 is 0.640 bits per heavy atom. The molecule has 0 saturated carbocycles. The molecule has 0 radical (unpaired) electrons. The van der Waals surface area contributed by atoms with Crippen LogP contribution in [0.2, 0.25) is 0 Å². The van der Waals surface area contributed by atoms with Crippen molar-refractivity contribution in [2.75, 3.05) is 7.11 Å². The van der Waals surface area contributed by atoms with Gasteiger partial charge in [-0.1, -0.05) is 42.5 Å². The summed E-state index contributed by atoms with van der Waals surface area (Å²) in [4.78, 5) is 23.6. The predicted molar refractivity (Wildman–Crippen MR) is 94.6 cm³/mol. The first-order chi connectivity index (χ1) is 12.2. The molecule has 0 aliphatic heterocycles. The maximum absolute atomic E-state index is 12.1. The highest BCUT2D eigenvalue weighted by atomic mass is 16.5. The van der Waals surface area contributed by atoms with E-state index in [9.17, 15) is 9.59 Å². The second-order valence-electron chi connectivity index (χ2n) is 5.35. The highest BCUT2D eigenvalue weighted by Gasteiger charge is 2.09. The van der Waals surface area contributed by atoms with Crippen LogP contribution < -0.4 is 4.74 Å². The predicted octanol–water partition coefficient (Wildman–Crippen LogP) is 4.36. The number of carbonyl (C=O) groups is 2. The molecule has 0 spiro atoms. The van der Waals surface area contributed by atoms with Crippen molar-refractivity contribution < 1.29 is 19.1 Å². The number of carbonyl (C=O) groups excluding carboxylic acids is 2. The first-order valence-electron chi connectivity index (χ1n) is 7.73. The Bertz CT molecular complexity index is 866. The number of hydrogen-bond acceptors (Lipinski definition) is 4. The van der Waals surface area contributed by atoms with Gasteiger partial charge < -0.3 is 9.47 Å². The van der Waals surface area contributed by atoms with E-state index in [-0.39, 0.29) is 5.97 Å². The molecule has 124 valence electrons. The Kier molecular flexibility index (Phi) is 4.90. The third-order valence-electron chi connectivity index (χ3n) is 3.71. The van der Waals surface area contributed by atoms with Gasteiger partial charge in [0, 0.05) is 0 Å². The summed E-state index contributed by atoms with van der Waals surface area (Å²) >= 11 is 0. The molecule has 0 unspecified atom stereocenters. The number of hydrogen-bond donors (Lipinski definition) is 0. The van der Waals surface area contributed by atoms with E-state index in [0.717, 1.165) is 11.1 Å². The zero-order valence-electron chi connectivity index (χ0n) is 13.6. The van der Waals surface area contributed by atoms with Crippen LogP contribution >= 0.6 is 0 Å². The van der Waals surface area contributed by atoms with E-state index in [4.69, 9.17) is 4.74 Å². The molecule has 0 aliphatic carbocycles. The fourth-order valence-electron chi connectivity index (χ4n) is 2.37. The van der Waals surface area contributed by atoms with Gasteiger partial charge in [-0.05, 0) is 47.5 Å². The van der Waals surface area contributed by atoms with Gasteiger partial charge in [0.2, 0.25) is 0 Å². The quantitative estimate of drug-likeness (QED) is 0.526. The molecule has 0 amide bonds. The Morgan fingerprint density at radius 2 is 1.12 bits per heavy atom. The highest BCUT2D eigenvalue weighted by Crippen LogP contribution is 2.21. The van der Waals surface area contributed by atoms with Crippen LogP contribution in [0.1, 0.15) is 20.7 Å². The summed E-state index contributed by atoms with van der Waals surface area (Å²) in [5.74, 6) is -0.265. The number of rotatable bonds is 4. The molecule has 4 nitrogen and oxygen atoms in total. The van der Waals surface area contributed by atoms with Crippen LogP contribution in [0.15, 0.2) is 78.9 Å². The van der Waals surface area contributed by atoms with Crippen LogP contribution in [0.4, 0.5) is 0 Å². The normalized spacial score (nSPS) is 10.1. The SMILES string of the molecule is COC(=O)c1ccc(-c2ccc(C(=O)Oc3ccccc3)cc2)cc1. The standard InChI is InChI=1S/C21H16O4/c1-24-20(22)17-11-7-15(8-12-17)16-9-13-18(14-10-16)21(23)25-19-5-3-2-4-6-19/h2-14H,1H3. The monoisotopic (exact) mass is 332 g/mol. The lowest BCUT2D eigenvalue weighted by Crippen LogP contribution is -2.08. The van der Waals surface area contributed by atoms with Crippen molar-refractivity contribution in [3.63, 3.8) is 0 Å². The van der Waals surface area contributed by atoms with Gasteiger partial charge in [0.25, 0.3) is 0 Å². The van der Waals surface area contributed by atoms with Crippen molar-refractivity contribution in [1.82, 2.24) is 0 Å². The third-order valence-corrected chi connectivity index (χ3v) is 3.71. The summed E-state index contributed by atoms with van der Waals surface area (Å²) in [5, 5.41) is 0.